The van der Waals surface area contributed by atoms with Crippen molar-refractivity contribution in [1.29, 1.82) is 0 Å². The summed E-state index contributed by atoms with van der Waals surface area (Å²) >= 11 is 0. The van der Waals surface area contributed by atoms with Crippen LogP contribution >= 0.6 is 0 Å². The minimum atomic E-state index is -0.888. The first-order valence-corrected chi connectivity index (χ1v) is 12.7. The van der Waals surface area contributed by atoms with Gasteiger partial charge in [0.15, 0.2) is 0 Å². The number of hydrogen-bond acceptors (Lipinski definition) is 4. The van der Waals surface area contributed by atoms with Gasteiger partial charge in [0.2, 0.25) is 5.91 Å². The van der Waals surface area contributed by atoms with E-state index < -0.39 is 23.8 Å². The Hall–Kier alpha value is -3.87. The summed E-state index contributed by atoms with van der Waals surface area (Å²) in [6.45, 7) is 11.1. The van der Waals surface area contributed by atoms with Crippen LogP contribution in [0.3, 0.4) is 0 Å². The highest BCUT2D eigenvalue weighted by Crippen LogP contribution is 2.28. The van der Waals surface area contributed by atoms with Gasteiger partial charge in [0, 0.05) is 12.2 Å². The third-order valence-corrected chi connectivity index (χ3v) is 5.91. The number of nitrogens with zero attached hydrogens (tertiary/aromatic N) is 1. The van der Waals surface area contributed by atoms with Gasteiger partial charge in [-0.3, -0.25) is 9.59 Å². The van der Waals surface area contributed by atoms with Gasteiger partial charge in [-0.05, 0) is 75.1 Å². The number of alkyl carbamates (subject to hydrolysis) is 1. The lowest BCUT2D eigenvalue weighted by Crippen LogP contribution is -2.51. The zero-order valence-electron chi connectivity index (χ0n) is 22.5. The van der Waals surface area contributed by atoms with Gasteiger partial charge in [-0.15, -0.1) is 0 Å². The van der Waals surface area contributed by atoms with Crippen molar-refractivity contribution in [3.63, 3.8) is 0 Å². The van der Waals surface area contributed by atoms with Crippen molar-refractivity contribution in [2.24, 2.45) is 0 Å². The van der Waals surface area contributed by atoms with Gasteiger partial charge in [0.1, 0.15) is 17.7 Å². The summed E-state index contributed by atoms with van der Waals surface area (Å²) in [7, 11) is 0. The number of carbonyl (C=O) groups is 3. The molecule has 2 N–H and O–H groups in total. The molecular formula is C30H37N3O4. The van der Waals surface area contributed by atoms with E-state index in [-0.39, 0.29) is 11.8 Å². The zero-order chi connectivity index (χ0) is 27.2. The highest BCUT2D eigenvalue weighted by Gasteiger charge is 2.35. The fourth-order valence-corrected chi connectivity index (χ4v) is 4.22. The van der Waals surface area contributed by atoms with Crippen molar-refractivity contribution < 1.29 is 19.1 Å². The molecule has 0 bridgehead atoms. The van der Waals surface area contributed by atoms with Crippen LogP contribution in [0.1, 0.15) is 58.2 Å². The lowest BCUT2D eigenvalue weighted by Gasteiger charge is -2.34. The van der Waals surface area contributed by atoms with E-state index in [1.54, 1.807) is 32.6 Å². The number of ether oxygens (including phenoxy) is 1. The molecule has 0 aliphatic rings. The van der Waals surface area contributed by atoms with Crippen LogP contribution in [0.5, 0.6) is 0 Å². The topological polar surface area (TPSA) is 87.7 Å². The Balaban J connectivity index is 1.94. The molecule has 3 aromatic carbocycles. The van der Waals surface area contributed by atoms with E-state index in [1.807, 2.05) is 80.6 Å². The number of benzene rings is 3. The summed E-state index contributed by atoms with van der Waals surface area (Å²) in [5.74, 6) is -0.689. The maximum absolute atomic E-state index is 13.8. The lowest BCUT2D eigenvalue weighted by atomic mass is 9.98. The maximum Gasteiger partial charge on any atom is 0.408 e. The molecule has 7 heteroatoms. The van der Waals surface area contributed by atoms with Crippen molar-refractivity contribution in [2.75, 3.05) is 11.9 Å². The second-order valence-corrected chi connectivity index (χ2v) is 10.2. The molecule has 0 fully saturated rings. The molecule has 0 saturated heterocycles. The van der Waals surface area contributed by atoms with Crippen LogP contribution in [0.2, 0.25) is 0 Å². The molecule has 196 valence electrons. The Bertz CT molecular complexity index is 1260. The van der Waals surface area contributed by atoms with Gasteiger partial charge >= 0.3 is 6.09 Å². The van der Waals surface area contributed by atoms with Gasteiger partial charge in [-0.25, -0.2) is 4.79 Å². The van der Waals surface area contributed by atoms with E-state index in [2.05, 4.69) is 10.6 Å². The molecule has 3 amide bonds. The molecule has 0 spiro atoms. The Morgan fingerprint density at radius 1 is 0.946 bits per heavy atom. The summed E-state index contributed by atoms with van der Waals surface area (Å²) < 4.78 is 5.32. The van der Waals surface area contributed by atoms with Crippen molar-refractivity contribution in [2.45, 2.75) is 65.6 Å². The molecule has 3 rings (SSSR count). The van der Waals surface area contributed by atoms with Gasteiger partial charge < -0.3 is 20.3 Å². The zero-order valence-corrected chi connectivity index (χ0v) is 22.5. The van der Waals surface area contributed by atoms with E-state index in [9.17, 15) is 14.4 Å². The summed E-state index contributed by atoms with van der Waals surface area (Å²) in [6, 6.07) is 19.4. The fourth-order valence-electron chi connectivity index (χ4n) is 4.22. The normalized spacial score (nSPS) is 12.9. The Morgan fingerprint density at radius 3 is 2.24 bits per heavy atom. The average molecular weight is 504 g/mol. The Labute approximate surface area is 219 Å². The first kappa shape index (κ1) is 27.7. The second kappa shape index (κ2) is 11.9. The molecule has 0 saturated carbocycles. The number of hydrogen-bond donors (Lipinski definition) is 2. The lowest BCUT2D eigenvalue weighted by molar-refractivity contribution is -0.140. The average Bonchev–Trinajstić information content (AvgIpc) is 2.83. The molecule has 2 atom stereocenters. The third-order valence-electron chi connectivity index (χ3n) is 5.91. The number of carbonyl (C=O) groups excluding carboxylic acids is 3. The van der Waals surface area contributed by atoms with E-state index in [0.29, 0.717) is 18.7 Å². The maximum atomic E-state index is 13.8. The van der Waals surface area contributed by atoms with Crippen LogP contribution in [0, 0.1) is 6.92 Å². The van der Waals surface area contributed by atoms with E-state index in [0.717, 1.165) is 21.9 Å². The fraction of sp³-hybridized carbons (Fsp3) is 0.367. The molecule has 0 aliphatic carbocycles. The van der Waals surface area contributed by atoms with Gasteiger partial charge in [0.05, 0.1) is 0 Å². The number of anilines is 1. The van der Waals surface area contributed by atoms with Crippen molar-refractivity contribution in [3.05, 3.63) is 77.9 Å². The van der Waals surface area contributed by atoms with Crippen molar-refractivity contribution in [3.8, 4) is 0 Å². The van der Waals surface area contributed by atoms with E-state index in [4.69, 9.17) is 4.74 Å². The van der Waals surface area contributed by atoms with Crippen LogP contribution in [0.15, 0.2) is 66.7 Å². The molecule has 7 nitrogen and oxygen atoms in total. The largest absolute Gasteiger partial charge is 0.444 e. The van der Waals surface area contributed by atoms with Crippen LogP contribution in [0.4, 0.5) is 10.5 Å². The van der Waals surface area contributed by atoms with Crippen molar-refractivity contribution in [1.82, 2.24) is 10.2 Å². The van der Waals surface area contributed by atoms with Crippen LogP contribution in [-0.2, 0) is 14.3 Å². The Morgan fingerprint density at radius 2 is 1.59 bits per heavy atom. The molecular weight excluding hydrogens is 466 g/mol. The number of rotatable bonds is 8. The highest BCUT2D eigenvalue weighted by atomic mass is 16.6. The van der Waals surface area contributed by atoms with Gasteiger partial charge in [-0.1, -0.05) is 61.5 Å². The standard InChI is InChI=1S/C30H37N3O4/c1-7-18-33(28(35)21(3)31-29(36)37-30(4,5)6)26(25-15-11-8-12-20(25)2)27(34)32-24-17-16-22-13-9-10-14-23(22)19-24/h8-17,19,21,26H,7,18H2,1-6H3,(H,31,36)(H,32,34). The van der Waals surface area contributed by atoms with Crippen LogP contribution < -0.4 is 10.6 Å². The predicted molar refractivity (Wildman–Crippen MR) is 147 cm³/mol. The van der Waals surface area contributed by atoms with Crippen LogP contribution in [0.25, 0.3) is 10.8 Å². The molecule has 0 heterocycles. The number of aryl methyl sites for hydroxylation is 1. The van der Waals surface area contributed by atoms with E-state index >= 15 is 0 Å². The molecule has 0 aliphatic heterocycles. The predicted octanol–water partition coefficient (Wildman–Crippen LogP) is 5.98. The minimum absolute atomic E-state index is 0.323. The number of fused-ring (bicyclic) bond motifs is 1. The second-order valence-electron chi connectivity index (χ2n) is 10.2. The molecule has 0 radical (unpaired) electrons. The first-order chi connectivity index (χ1) is 17.5. The summed E-state index contributed by atoms with van der Waals surface area (Å²) in [5, 5.41) is 7.71. The minimum Gasteiger partial charge on any atom is -0.444 e. The molecule has 3 aromatic rings. The molecule has 37 heavy (non-hydrogen) atoms. The first-order valence-electron chi connectivity index (χ1n) is 12.7. The molecule has 0 aromatic heterocycles. The summed E-state index contributed by atoms with van der Waals surface area (Å²) in [4.78, 5) is 41.4. The number of amides is 3. The quantitative estimate of drug-likeness (QED) is 0.396. The number of nitrogens with one attached hydrogen (secondary N) is 2. The monoisotopic (exact) mass is 503 g/mol. The third kappa shape index (κ3) is 7.32. The van der Waals surface area contributed by atoms with E-state index in [1.165, 1.54) is 0 Å². The summed E-state index contributed by atoms with van der Waals surface area (Å²) in [6.07, 6.45) is -0.0471. The molecule has 2 unspecified atom stereocenters. The van der Waals surface area contributed by atoms with Gasteiger partial charge in [-0.2, -0.15) is 0 Å². The van der Waals surface area contributed by atoms with Crippen molar-refractivity contribution >= 4 is 34.4 Å². The SMILES string of the molecule is CCCN(C(=O)C(C)NC(=O)OC(C)(C)C)C(C(=O)Nc1ccc2ccccc2c1)c1ccccc1C. The van der Waals surface area contributed by atoms with Gasteiger partial charge in [0.25, 0.3) is 5.91 Å². The Kier molecular flexibility index (Phi) is 8.92. The smallest absolute Gasteiger partial charge is 0.408 e. The highest BCUT2D eigenvalue weighted by molar-refractivity contribution is 6.00. The van der Waals surface area contributed by atoms with Crippen LogP contribution in [-0.4, -0.2) is 41.0 Å². The summed E-state index contributed by atoms with van der Waals surface area (Å²) in [5.41, 5.74) is 1.57.